The Morgan fingerprint density at radius 3 is 2.82 bits per heavy atom. The Morgan fingerprint density at radius 2 is 2.27 bits per heavy atom. The van der Waals surface area contributed by atoms with Crippen molar-refractivity contribution in [2.45, 2.75) is 26.2 Å². The third-order valence-electron chi connectivity index (χ3n) is 2.95. The summed E-state index contributed by atoms with van der Waals surface area (Å²) in [5.41, 5.74) is 0. The number of hydrogen-bond acceptors (Lipinski definition) is 0. The molecule has 0 amide bonds. The lowest BCUT2D eigenvalue weighted by Gasteiger charge is -2.12. The minimum atomic E-state index is 0.880. The maximum Gasteiger partial charge on any atom is -0.0165 e. The van der Waals surface area contributed by atoms with Gasteiger partial charge in [-0.3, -0.25) is 0 Å². The molecule has 0 saturated heterocycles. The molecule has 11 heavy (non-hydrogen) atoms. The Kier molecular flexibility index (Phi) is 1.85. The van der Waals surface area contributed by atoms with Crippen molar-refractivity contribution in [3.63, 3.8) is 0 Å². The zero-order valence-electron chi connectivity index (χ0n) is 7.16. The van der Waals surface area contributed by atoms with Crippen molar-refractivity contribution in [3.05, 3.63) is 24.3 Å². The lowest BCUT2D eigenvalue weighted by molar-refractivity contribution is 0.549. The van der Waals surface area contributed by atoms with E-state index in [1.54, 1.807) is 0 Å². The molecular weight excluding hydrogens is 132 g/mol. The summed E-state index contributed by atoms with van der Waals surface area (Å²) in [5.74, 6) is 2.69. The van der Waals surface area contributed by atoms with Crippen LogP contribution in [0.3, 0.4) is 0 Å². The van der Waals surface area contributed by atoms with Crippen LogP contribution in [-0.2, 0) is 0 Å². The number of fused-ring (bicyclic) bond motifs is 2. The summed E-state index contributed by atoms with van der Waals surface area (Å²) in [6, 6.07) is 0. The third-order valence-corrected chi connectivity index (χ3v) is 2.95. The summed E-state index contributed by atoms with van der Waals surface area (Å²) >= 11 is 0. The molecule has 0 nitrogen and oxygen atoms in total. The summed E-state index contributed by atoms with van der Waals surface area (Å²) < 4.78 is 0. The van der Waals surface area contributed by atoms with Gasteiger partial charge in [0.15, 0.2) is 0 Å². The summed E-state index contributed by atoms with van der Waals surface area (Å²) in [5, 5.41) is 0. The number of allylic oxidation sites excluding steroid dienone is 4. The molecule has 0 aromatic carbocycles. The molecule has 2 aliphatic carbocycles. The molecule has 1 fully saturated rings. The quantitative estimate of drug-likeness (QED) is 0.528. The van der Waals surface area contributed by atoms with Gasteiger partial charge in [0, 0.05) is 0 Å². The van der Waals surface area contributed by atoms with Gasteiger partial charge in [0.25, 0.3) is 0 Å². The first-order valence-corrected chi connectivity index (χ1v) is 4.75. The van der Waals surface area contributed by atoms with Crippen molar-refractivity contribution < 1.29 is 0 Å². The lowest BCUT2D eigenvalue weighted by atomic mass is 9.93. The highest BCUT2D eigenvalue weighted by Gasteiger charge is 2.33. The van der Waals surface area contributed by atoms with Crippen LogP contribution in [0.5, 0.6) is 0 Å². The van der Waals surface area contributed by atoms with Crippen molar-refractivity contribution in [1.82, 2.24) is 0 Å². The molecule has 0 radical (unpaired) electrons. The largest absolute Gasteiger partial charge is 0.0885 e. The molecule has 0 heteroatoms. The van der Waals surface area contributed by atoms with Crippen molar-refractivity contribution in [3.8, 4) is 0 Å². The first-order chi connectivity index (χ1) is 5.40. The number of hydrogen-bond donors (Lipinski definition) is 0. The molecule has 2 aliphatic rings. The van der Waals surface area contributed by atoms with Crippen LogP contribution in [0.25, 0.3) is 0 Å². The zero-order chi connectivity index (χ0) is 7.68. The van der Waals surface area contributed by atoms with Crippen LogP contribution in [0.1, 0.15) is 26.2 Å². The van der Waals surface area contributed by atoms with Crippen LogP contribution in [0, 0.1) is 17.8 Å². The maximum atomic E-state index is 2.42. The van der Waals surface area contributed by atoms with Crippen LogP contribution in [0.2, 0.25) is 0 Å². The minimum absolute atomic E-state index is 0.880. The third kappa shape index (κ3) is 1.26. The van der Waals surface area contributed by atoms with Crippen LogP contribution in [0.15, 0.2) is 24.3 Å². The molecule has 0 spiro atoms. The molecular formula is C11H16. The minimum Gasteiger partial charge on any atom is -0.0885 e. The van der Waals surface area contributed by atoms with E-state index in [0.717, 1.165) is 17.8 Å². The van der Waals surface area contributed by atoms with Gasteiger partial charge in [-0.25, -0.2) is 0 Å². The highest BCUT2D eigenvalue weighted by atomic mass is 14.4. The van der Waals surface area contributed by atoms with E-state index >= 15 is 0 Å². The van der Waals surface area contributed by atoms with E-state index in [1.165, 1.54) is 19.3 Å². The van der Waals surface area contributed by atoms with Crippen LogP contribution >= 0.6 is 0 Å². The van der Waals surface area contributed by atoms with Gasteiger partial charge in [-0.1, -0.05) is 31.2 Å². The molecule has 2 bridgehead atoms. The fourth-order valence-corrected chi connectivity index (χ4v) is 2.36. The van der Waals surface area contributed by atoms with Crippen molar-refractivity contribution in [1.29, 1.82) is 0 Å². The van der Waals surface area contributed by atoms with Gasteiger partial charge in [0.05, 0.1) is 0 Å². The molecule has 1 saturated carbocycles. The smallest absolute Gasteiger partial charge is 0.0165 e. The predicted octanol–water partition coefficient (Wildman–Crippen LogP) is 3.16. The van der Waals surface area contributed by atoms with Crippen molar-refractivity contribution in [2.75, 3.05) is 0 Å². The van der Waals surface area contributed by atoms with Gasteiger partial charge in [-0.2, -0.15) is 0 Å². The highest BCUT2D eigenvalue weighted by molar-refractivity contribution is 5.14. The van der Waals surface area contributed by atoms with Crippen LogP contribution in [-0.4, -0.2) is 0 Å². The summed E-state index contributed by atoms with van der Waals surface area (Å²) in [6.45, 7) is 2.21. The van der Waals surface area contributed by atoms with E-state index in [4.69, 9.17) is 0 Å². The Balaban J connectivity index is 1.98. The SMILES string of the molecule is CCC=CC1CC2C=CC1C2. The molecule has 3 atom stereocenters. The molecule has 0 N–H and O–H groups in total. The predicted molar refractivity (Wildman–Crippen MR) is 48.3 cm³/mol. The molecule has 3 unspecified atom stereocenters. The van der Waals surface area contributed by atoms with Gasteiger partial charge < -0.3 is 0 Å². The Bertz CT molecular complexity index is 188. The van der Waals surface area contributed by atoms with Gasteiger partial charge in [0.1, 0.15) is 0 Å². The van der Waals surface area contributed by atoms with E-state index in [9.17, 15) is 0 Å². The van der Waals surface area contributed by atoms with E-state index in [1.807, 2.05) is 0 Å². The lowest BCUT2D eigenvalue weighted by Crippen LogP contribution is -2.02. The first kappa shape index (κ1) is 7.15. The second-order valence-corrected chi connectivity index (χ2v) is 3.78. The molecule has 60 valence electrons. The Morgan fingerprint density at radius 1 is 1.36 bits per heavy atom. The molecule has 0 aromatic heterocycles. The van der Waals surface area contributed by atoms with Crippen LogP contribution in [0.4, 0.5) is 0 Å². The van der Waals surface area contributed by atoms with Gasteiger partial charge in [0.2, 0.25) is 0 Å². The monoisotopic (exact) mass is 148 g/mol. The van der Waals surface area contributed by atoms with E-state index in [-0.39, 0.29) is 0 Å². The standard InChI is InChI=1S/C11H16/c1-2-3-4-10-7-9-5-6-11(10)8-9/h3-6,9-11H,2,7-8H2,1H3. The fraction of sp³-hybridized carbons (Fsp3) is 0.636. The Labute approximate surface area is 69.0 Å². The van der Waals surface area contributed by atoms with E-state index < -0.39 is 0 Å². The van der Waals surface area contributed by atoms with Gasteiger partial charge in [-0.05, 0) is 37.0 Å². The average molecular weight is 148 g/mol. The topological polar surface area (TPSA) is 0 Å². The van der Waals surface area contributed by atoms with E-state index in [2.05, 4.69) is 31.2 Å². The Hall–Kier alpha value is -0.520. The summed E-state index contributed by atoms with van der Waals surface area (Å²) in [6.07, 6.45) is 13.6. The van der Waals surface area contributed by atoms with Gasteiger partial charge in [-0.15, -0.1) is 0 Å². The second-order valence-electron chi connectivity index (χ2n) is 3.78. The summed E-state index contributed by atoms with van der Waals surface area (Å²) in [4.78, 5) is 0. The summed E-state index contributed by atoms with van der Waals surface area (Å²) in [7, 11) is 0. The van der Waals surface area contributed by atoms with Crippen LogP contribution < -0.4 is 0 Å². The zero-order valence-corrected chi connectivity index (χ0v) is 7.16. The highest BCUT2D eigenvalue weighted by Crippen LogP contribution is 2.43. The number of rotatable bonds is 2. The fourth-order valence-electron chi connectivity index (χ4n) is 2.36. The normalized spacial score (nSPS) is 41.0. The van der Waals surface area contributed by atoms with E-state index in [0.29, 0.717) is 0 Å². The molecule has 2 rings (SSSR count). The average Bonchev–Trinajstić information content (AvgIpc) is 2.60. The molecule has 0 aliphatic heterocycles. The first-order valence-electron chi connectivity index (χ1n) is 4.75. The van der Waals surface area contributed by atoms with Gasteiger partial charge >= 0.3 is 0 Å². The van der Waals surface area contributed by atoms with Crippen molar-refractivity contribution in [2.24, 2.45) is 17.8 Å². The molecule has 0 aromatic rings. The maximum absolute atomic E-state index is 2.42. The van der Waals surface area contributed by atoms with Crippen molar-refractivity contribution >= 4 is 0 Å². The second kappa shape index (κ2) is 2.84. The molecule has 0 heterocycles.